The van der Waals surface area contributed by atoms with Gasteiger partial charge >= 0.3 is 0 Å². The van der Waals surface area contributed by atoms with Crippen LogP contribution in [-0.4, -0.2) is 48.2 Å². The van der Waals surface area contributed by atoms with E-state index in [4.69, 9.17) is 0 Å². The van der Waals surface area contributed by atoms with Crippen LogP contribution in [0, 0.1) is 6.92 Å². The van der Waals surface area contributed by atoms with Crippen LogP contribution in [0.4, 0.5) is 0 Å². The van der Waals surface area contributed by atoms with Crippen LogP contribution in [0.15, 0.2) is 41.4 Å². The van der Waals surface area contributed by atoms with E-state index in [-0.39, 0.29) is 11.5 Å². The smallest absolute Gasteiger partial charge is 0.243 e. The lowest BCUT2D eigenvalue weighted by molar-refractivity contribution is 0.255. The highest BCUT2D eigenvalue weighted by molar-refractivity contribution is 7.89. The third kappa shape index (κ3) is 5.47. The maximum atomic E-state index is 13.6. The fraction of sp³-hybridized carbons (Fsp3) is 0.591. The molecule has 0 aliphatic carbocycles. The molecule has 1 aliphatic rings. The van der Waals surface area contributed by atoms with Crippen molar-refractivity contribution in [1.82, 2.24) is 19.4 Å². The fourth-order valence-electron chi connectivity index (χ4n) is 3.83. The van der Waals surface area contributed by atoms with Gasteiger partial charge in [0.1, 0.15) is 0 Å². The van der Waals surface area contributed by atoms with Crippen molar-refractivity contribution in [1.29, 1.82) is 0 Å². The maximum absolute atomic E-state index is 13.6. The number of aryl methyl sites for hydroxylation is 2. The Kier molecular flexibility index (Phi) is 6.81. The van der Waals surface area contributed by atoms with Crippen LogP contribution in [0.3, 0.4) is 0 Å². The molecule has 160 valence electrons. The number of sulfonamides is 1. The number of rotatable bonds is 7. The van der Waals surface area contributed by atoms with Gasteiger partial charge in [-0.2, -0.15) is 9.40 Å². The molecular weight excluding hydrogens is 384 g/mol. The zero-order valence-electron chi connectivity index (χ0n) is 18.1. The monoisotopic (exact) mass is 418 g/mol. The molecule has 1 N–H and O–H groups in total. The first-order chi connectivity index (χ1) is 13.7. The fourth-order valence-corrected chi connectivity index (χ4v) is 5.60. The van der Waals surface area contributed by atoms with Crippen molar-refractivity contribution in [3.8, 4) is 0 Å². The molecule has 1 fully saturated rings. The average molecular weight is 419 g/mol. The summed E-state index contributed by atoms with van der Waals surface area (Å²) in [6.45, 7) is 11.2. The standard InChI is InChI=1S/C22H34N4O2S/c1-18-11-16-25(24-18)14-6-15-26(20-9-12-23-13-10-20)29(27,28)21-8-5-7-19(17-21)22(2,3)4/h5,7-8,11,16-17,20,23H,6,9-10,12-15H2,1-4H3. The highest BCUT2D eigenvalue weighted by Crippen LogP contribution is 2.28. The number of hydrogen-bond donors (Lipinski definition) is 1. The molecule has 0 spiro atoms. The van der Waals surface area contributed by atoms with Gasteiger partial charge in [-0.15, -0.1) is 0 Å². The molecule has 3 rings (SSSR count). The van der Waals surface area contributed by atoms with E-state index in [9.17, 15) is 8.42 Å². The van der Waals surface area contributed by atoms with Crippen LogP contribution >= 0.6 is 0 Å². The van der Waals surface area contributed by atoms with Gasteiger partial charge in [-0.3, -0.25) is 4.68 Å². The summed E-state index contributed by atoms with van der Waals surface area (Å²) in [6.07, 6.45) is 4.38. The second-order valence-corrected chi connectivity index (χ2v) is 10.8. The molecule has 0 saturated carbocycles. The van der Waals surface area contributed by atoms with E-state index in [2.05, 4.69) is 31.2 Å². The molecule has 1 aromatic heterocycles. The zero-order valence-corrected chi connectivity index (χ0v) is 18.9. The van der Waals surface area contributed by atoms with Crippen molar-refractivity contribution in [3.05, 3.63) is 47.8 Å². The summed E-state index contributed by atoms with van der Waals surface area (Å²) < 4.78 is 30.9. The van der Waals surface area contributed by atoms with Gasteiger partial charge in [0.25, 0.3) is 0 Å². The molecule has 1 aliphatic heterocycles. The van der Waals surface area contributed by atoms with E-state index < -0.39 is 10.0 Å². The van der Waals surface area contributed by atoms with Gasteiger partial charge in [-0.25, -0.2) is 8.42 Å². The van der Waals surface area contributed by atoms with Crippen molar-refractivity contribution in [3.63, 3.8) is 0 Å². The molecule has 0 atom stereocenters. The predicted molar refractivity (Wildman–Crippen MR) is 117 cm³/mol. The molecule has 2 heterocycles. The van der Waals surface area contributed by atoms with Crippen molar-refractivity contribution in [2.75, 3.05) is 19.6 Å². The summed E-state index contributed by atoms with van der Waals surface area (Å²) in [6, 6.07) is 9.46. The Morgan fingerprint density at radius 3 is 2.55 bits per heavy atom. The predicted octanol–water partition coefficient (Wildman–Crippen LogP) is 3.32. The molecule has 6 nitrogen and oxygen atoms in total. The van der Waals surface area contributed by atoms with Crippen molar-refractivity contribution in [2.24, 2.45) is 0 Å². The highest BCUT2D eigenvalue weighted by atomic mass is 32.2. The lowest BCUT2D eigenvalue weighted by Gasteiger charge is -2.34. The number of piperidine rings is 1. The van der Waals surface area contributed by atoms with Crippen LogP contribution in [-0.2, 0) is 22.0 Å². The summed E-state index contributed by atoms with van der Waals surface area (Å²) in [4.78, 5) is 0.401. The van der Waals surface area contributed by atoms with Crippen LogP contribution in [0.1, 0.15) is 51.3 Å². The Labute approximate surface area is 175 Å². The minimum atomic E-state index is -3.56. The number of aromatic nitrogens is 2. The number of nitrogens with one attached hydrogen (secondary N) is 1. The normalized spacial score (nSPS) is 16.4. The molecule has 0 amide bonds. The zero-order chi connectivity index (χ0) is 21.1. The second kappa shape index (κ2) is 8.98. The van der Waals surface area contributed by atoms with Crippen molar-refractivity contribution >= 4 is 10.0 Å². The number of nitrogens with zero attached hydrogens (tertiary/aromatic N) is 3. The summed E-state index contributed by atoms with van der Waals surface area (Å²) >= 11 is 0. The van der Waals surface area contributed by atoms with Crippen LogP contribution in [0.2, 0.25) is 0 Å². The van der Waals surface area contributed by atoms with Gasteiger partial charge < -0.3 is 5.32 Å². The molecule has 7 heteroatoms. The van der Waals surface area contributed by atoms with E-state index >= 15 is 0 Å². The van der Waals surface area contributed by atoms with E-state index in [0.717, 1.165) is 43.6 Å². The van der Waals surface area contributed by atoms with Crippen LogP contribution < -0.4 is 5.32 Å². The summed E-state index contributed by atoms with van der Waals surface area (Å²) in [5, 5.41) is 7.76. The first-order valence-electron chi connectivity index (χ1n) is 10.5. The molecule has 1 aromatic carbocycles. The van der Waals surface area contributed by atoms with Gasteiger partial charge in [-0.05, 0) is 68.5 Å². The first-order valence-corrected chi connectivity index (χ1v) is 11.9. The van der Waals surface area contributed by atoms with Crippen LogP contribution in [0.25, 0.3) is 0 Å². The Balaban J connectivity index is 1.83. The Hall–Kier alpha value is -1.70. The minimum Gasteiger partial charge on any atom is -0.317 e. The molecule has 0 radical (unpaired) electrons. The van der Waals surface area contributed by atoms with Gasteiger partial charge in [0, 0.05) is 25.3 Å². The summed E-state index contributed by atoms with van der Waals surface area (Å²) in [7, 11) is -3.56. The molecule has 0 unspecified atom stereocenters. The Morgan fingerprint density at radius 1 is 1.21 bits per heavy atom. The Bertz CT molecular complexity index is 909. The average Bonchev–Trinajstić information content (AvgIpc) is 3.10. The van der Waals surface area contributed by atoms with E-state index in [1.165, 1.54) is 0 Å². The van der Waals surface area contributed by atoms with Gasteiger partial charge in [0.15, 0.2) is 0 Å². The molecule has 1 saturated heterocycles. The summed E-state index contributed by atoms with van der Waals surface area (Å²) in [5.41, 5.74) is 1.92. The largest absolute Gasteiger partial charge is 0.317 e. The van der Waals surface area contributed by atoms with E-state index in [1.54, 1.807) is 10.4 Å². The third-order valence-electron chi connectivity index (χ3n) is 5.56. The number of benzene rings is 1. The van der Waals surface area contributed by atoms with Gasteiger partial charge in [0.2, 0.25) is 10.0 Å². The van der Waals surface area contributed by atoms with E-state index in [0.29, 0.717) is 18.0 Å². The SMILES string of the molecule is Cc1ccn(CCCN(C2CCNCC2)S(=O)(=O)c2cccc(C(C)(C)C)c2)n1. The van der Waals surface area contributed by atoms with Crippen molar-refractivity contribution < 1.29 is 8.42 Å². The number of hydrogen-bond acceptors (Lipinski definition) is 4. The highest BCUT2D eigenvalue weighted by Gasteiger charge is 2.32. The van der Waals surface area contributed by atoms with Crippen LogP contribution in [0.5, 0.6) is 0 Å². The lowest BCUT2D eigenvalue weighted by atomic mass is 9.87. The lowest BCUT2D eigenvalue weighted by Crippen LogP contribution is -2.46. The van der Waals surface area contributed by atoms with E-state index in [1.807, 2.05) is 42.1 Å². The maximum Gasteiger partial charge on any atom is 0.243 e. The molecular formula is C22H34N4O2S. The minimum absolute atomic E-state index is 0.0406. The van der Waals surface area contributed by atoms with Gasteiger partial charge in [-0.1, -0.05) is 32.9 Å². The third-order valence-corrected chi connectivity index (χ3v) is 7.51. The first kappa shape index (κ1) is 22.0. The Morgan fingerprint density at radius 2 is 1.93 bits per heavy atom. The topological polar surface area (TPSA) is 67.2 Å². The summed E-state index contributed by atoms with van der Waals surface area (Å²) in [5.74, 6) is 0. The molecule has 0 bridgehead atoms. The van der Waals surface area contributed by atoms with Gasteiger partial charge in [0.05, 0.1) is 10.6 Å². The second-order valence-electron chi connectivity index (χ2n) is 8.95. The van der Waals surface area contributed by atoms with Crippen molar-refractivity contribution in [2.45, 2.75) is 69.9 Å². The molecule has 29 heavy (non-hydrogen) atoms. The quantitative estimate of drug-likeness (QED) is 0.749. The molecule has 2 aromatic rings.